The van der Waals surface area contributed by atoms with Crippen molar-refractivity contribution in [1.82, 2.24) is 4.98 Å². The third kappa shape index (κ3) is 4.21. The molecule has 0 radical (unpaired) electrons. The van der Waals surface area contributed by atoms with Gasteiger partial charge in [-0.25, -0.2) is 4.39 Å². The van der Waals surface area contributed by atoms with Crippen LogP contribution in [0.5, 0.6) is 5.75 Å². The van der Waals surface area contributed by atoms with Crippen molar-refractivity contribution in [3.8, 4) is 16.9 Å². The van der Waals surface area contributed by atoms with E-state index in [-0.39, 0.29) is 30.7 Å². The van der Waals surface area contributed by atoms with Crippen molar-refractivity contribution in [2.75, 3.05) is 25.1 Å². The van der Waals surface area contributed by atoms with Crippen LogP contribution < -0.4 is 15.4 Å². The molecular weight excluding hydrogens is 449 g/mol. The van der Waals surface area contributed by atoms with Crippen molar-refractivity contribution in [1.29, 1.82) is 0 Å². The quantitative estimate of drug-likeness (QED) is 0.402. The molecule has 2 N–H and O–H groups in total. The molecule has 1 aliphatic rings. The molecule has 180 valence electrons. The highest BCUT2D eigenvalue weighted by atomic mass is 19.1. The first-order chi connectivity index (χ1) is 17.0. The second-order valence-electron chi connectivity index (χ2n) is 8.46. The number of pyridine rings is 1. The first-order valence-electron chi connectivity index (χ1n) is 11.5. The second-order valence-corrected chi connectivity index (χ2v) is 8.46. The maximum absolute atomic E-state index is 15.2. The number of benzene rings is 2. The normalized spacial score (nSPS) is 15.1. The Hall–Kier alpha value is -3.91. The topological polar surface area (TPSA) is 90.8 Å². The lowest BCUT2D eigenvalue weighted by Crippen LogP contribution is -2.32. The third-order valence-electron chi connectivity index (χ3n) is 6.22. The fourth-order valence-corrected chi connectivity index (χ4v) is 4.54. The van der Waals surface area contributed by atoms with E-state index < -0.39 is 5.82 Å². The van der Waals surface area contributed by atoms with Gasteiger partial charge in [0, 0.05) is 41.9 Å². The van der Waals surface area contributed by atoms with Gasteiger partial charge in [0.2, 0.25) is 0 Å². The van der Waals surface area contributed by atoms with Crippen LogP contribution in [0.15, 0.2) is 59.3 Å². The standard InChI is InChI=1S/C27H26FN3O4/c1-3-33-24(32)13-16-5-4-6-22-27(16)35-23(15-31(22)2)18-11-17-8-10-34-26(17)20(12-18)19-7-9-30-21(14-29)25(19)28/h4-12,23H,3,13-15,29H2,1-2H3. The van der Waals surface area contributed by atoms with Gasteiger partial charge >= 0.3 is 5.97 Å². The molecule has 2 aromatic heterocycles. The number of likely N-dealkylation sites (N-methyl/N-ethyl adjacent to an activating group) is 1. The fraction of sp³-hybridized carbons (Fsp3) is 0.259. The monoisotopic (exact) mass is 475 g/mol. The molecule has 7 nitrogen and oxygen atoms in total. The summed E-state index contributed by atoms with van der Waals surface area (Å²) < 4.78 is 32.5. The Morgan fingerprint density at radius 2 is 2.11 bits per heavy atom. The minimum absolute atomic E-state index is 0.00276. The van der Waals surface area contributed by atoms with Crippen LogP contribution in [0.2, 0.25) is 0 Å². The predicted molar refractivity (Wildman–Crippen MR) is 131 cm³/mol. The summed E-state index contributed by atoms with van der Waals surface area (Å²) >= 11 is 0. The SMILES string of the molecule is CCOC(=O)Cc1cccc2c1OC(c1cc(-c3ccnc(CN)c3F)c3occc3c1)CN2C. The maximum atomic E-state index is 15.2. The summed E-state index contributed by atoms with van der Waals surface area (Å²) in [5, 5.41) is 0.833. The number of esters is 1. The fourth-order valence-electron chi connectivity index (χ4n) is 4.54. The average Bonchev–Trinajstić information content (AvgIpc) is 3.33. The molecular formula is C27H26FN3O4. The number of nitrogens with two attached hydrogens (primary N) is 1. The minimum Gasteiger partial charge on any atom is -0.481 e. The summed E-state index contributed by atoms with van der Waals surface area (Å²) in [6.07, 6.45) is 2.90. The summed E-state index contributed by atoms with van der Waals surface area (Å²) in [5.41, 5.74) is 9.95. The van der Waals surface area contributed by atoms with Gasteiger partial charge in [-0.15, -0.1) is 0 Å². The van der Waals surface area contributed by atoms with E-state index >= 15 is 4.39 Å². The number of aromatic nitrogens is 1. The number of fused-ring (bicyclic) bond motifs is 2. The number of nitrogens with zero attached hydrogens (tertiary/aromatic N) is 2. The Kier molecular flexibility index (Phi) is 6.13. The zero-order valence-corrected chi connectivity index (χ0v) is 19.6. The number of rotatable bonds is 6. The summed E-state index contributed by atoms with van der Waals surface area (Å²) in [4.78, 5) is 18.3. The number of hydrogen-bond acceptors (Lipinski definition) is 7. The van der Waals surface area contributed by atoms with Gasteiger partial charge in [-0.05, 0) is 42.8 Å². The lowest BCUT2D eigenvalue weighted by atomic mass is 9.96. The molecule has 2 aromatic carbocycles. The molecule has 8 heteroatoms. The lowest BCUT2D eigenvalue weighted by molar-refractivity contribution is -0.142. The predicted octanol–water partition coefficient (Wildman–Crippen LogP) is 4.77. The van der Waals surface area contributed by atoms with Gasteiger partial charge in [-0.2, -0.15) is 0 Å². The van der Waals surface area contributed by atoms with Crippen molar-refractivity contribution in [3.63, 3.8) is 0 Å². The zero-order chi connectivity index (χ0) is 24.5. The number of halogens is 1. The molecule has 4 aromatic rings. The molecule has 0 spiro atoms. The minimum atomic E-state index is -0.464. The molecule has 0 fully saturated rings. The Morgan fingerprint density at radius 1 is 1.26 bits per heavy atom. The molecule has 0 saturated carbocycles. The number of para-hydroxylation sites is 1. The van der Waals surface area contributed by atoms with Crippen molar-refractivity contribution in [3.05, 3.63) is 77.6 Å². The zero-order valence-electron chi connectivity index (χ0n) is 19.6. The molecule has 1 unspecified atom stereocenters. The Labute approximate surface area is 202 Å². The van der Waals surface area contributed by atoms with Gasteiger partial charge in [0.25, 0.3) is 0 Å². The van der Waals surface area contributed by atoms with E-state index in [1.807, 2.05) is 43.4 Å². The van der Waals surface area contributed by atoms with E-state index in [1.54, 1.807) is 25.5 Å². The van der Waals surface area contributed by atoms with Crippen LogP contribution in [0.25, 0.3) is 22.1 Å². The summed E-state index contributed by atoms with van der Waals surface area (Å²) in [6, 6.07) is 13.1. The smallest absolute Gasteiger partial charge is 0.310 e. The highest BCUT2D eigenvalue weighted by Crippen LogP contribution is 2.42. The van der Waals surface area contributed by atoms with E-state index in [9.17, 15) is 4.79 Å². The van der Waals surface area contributed by atoms with Crippen molar-refractivity contribution in [2.24, 2.45) is 5.73 Å². The van der Waals surface area contributed by atoms with Crippen LogP contribution in [0.1, 0.15) is 29.8 Å². The summed E-state index contributed by atoms with van der Waals surface area (Å²) in [7, 11) is 1.98. The van der Waals surface area contributed by atoms with Crippen LogP contribution >= 0.6 is 0 Å². The highest BCUT2D eigenvalue weighted by Gasteiger charge is 2.29. The van der Waals surface area contributed by atoms with Crippen LogP contribution in [0.4, 0.5) is 10.1 Å². The molecule has 3 heterocycles. The van der Waals surface area contributed by atoms with E-state index in [0.29, 0.717) is 35.6 Å². The van der Waals surface area contributed by atoms with Crippen LogP contribution in [-0.2, 0) is 22.5 Å². The van der Waals surface area contributed by atoms with Gasteiger partial charge in [0.1, 0.15) is 17.4 Å². The molecule has 1 aliphatic heterocycles. The summed E-state index contributed by atoms with van der Waals surface area (Å²) in [6.45, 7) is 2.68. The van der Waals surface area contributed by atoms with Crippen molar-refractivity contribution >= 4 is 22.6 Å². The van der Waals surface area contributed by atoms with Gasteiger partial charge in [0.15, 0.2) is 5.82 Å². The number of furan rings is 1. The van der Waals surface area contributed by atoms with E-state index in [1.165, 1.54) is 0 Å². The number of ether oxygens (including phenoxy) is 2. The number of carbonyl (C=O) groups is 1. The van der Waals surface area contributed by atoms with E-state index in [0.717, 1.165) is 22.2 Å². The molecule has 5 rings (SSSR count). The van der Waals surface area contributed by atoms with Crippen LogP contribution in [0.3, 0.4) is 0 Å². The number of carbonyl (C=O) groups excluding carboxylic acids is 1. The van der Waals surface area contributed by atoms with Gasteiger partial charge in [-0.1, -0.05) is 12.1 Å². The lowest BCUT2D eigenvalue weighted by Gasteiger charge is -2.35. The molecule has 0 amide bonds. The second kappa shape index (κ2) is 9.38. The van der Waals surface area contributed by atoms with Gasteiger partial charge < -0.3 is 24.5 Å². The third-order valence-corrected chi connectivity index (χ3v) is 6.22. The molecule has 1 atom stereocenters. The molecule has 0 bridgehead atoms. The first-order valence-corrected chi connectivity index (χ1v) is 11.5. The Morgan fingerprint density at radius 3 is 2.91 bits per heavy atom. The largest absolute Gasteiger partial charge is 0.481 e. The Balaban J connectivity index is 1.57. The summed E-state index contributed by atoms with van der Waals surface area (Å²) in [5.74, 6) is -0.123. The molecule has 0 aliphatic carbocycles. The molecule has 0 saturated heterocycles. The van der Waals surface area contributed by atoms with Crippen molar-refractivity contribution in [2.45, 2.75) is 26.0 Å². The van der Waals surface area contributed by atoms with Crippen LogP contribution in [0, 0.1) is 5.82 Å². The number of hydrogen-bond donors (Lipinski definition) is 1. The Bertz CT molecular complexity index is 1400. The van der Waals surface area contributed by atoms with E-state index in [2.05, 4.69) is 9.88 Å². The van der Waals surface area contributed by atoms with Gasteiger partial charge in [0.05, 0.1) is 37.2 Å². The molecule has 35 heavy (non-hydrogen) atoms. The average molecular weight is 476 g/mol. The van der Waals surface area contributed by atoms with Crippen LogP contribution in [-0.4, -0.2) is 31.2 Å². The number of anilines is 1. The highest BCUT2D eigenvalue weighted by molar-refractivity contribution is 5.93. The first kappa shape index (κ1) is 22.9. The van der Waals surface area contributed by atoms with Crippen molar-refractivity contribution < 1.29 is 23.1 Å². The van der Waals surface area contributed by atoms with E-state index in [4.69, 9.17) is 19.6 Å². The maximum Gasteiger partial charge on any atom is 0.310 e. The van der Waals surface area contributed by atoms with Gasteiger partial charge in [-0.3, -0.25) is 9.78 Å².